The van der Waals surface area contributed by atoms with Crippen LogP contribution in [0.1, 0.15) is 55.0 Å². The van der Waals surface area contributed by atoms with Crippen LogP contribution in [0, 0.1) is 6.92 Å². The number of ether oxygens (including phenoxy) is 1. The lowest BCUT2D eigenvalue weighted by atomic mass is 9.92. The largest absolute Gasteiger partial charge is 0.371 e. The van der Waals surface area contributed by atoms with Crippen molar-refractivity contribution in [3.8, 4) is 0 Å². The first-order chi connectivity index (χ1) is 16.6. The minimum atomic E-state index is -2.56. The maximum absolute atomic E-state index is 13.4. The topological polar surface area (TPSA) is 89.3 Å². The third-order valence-corrected chi connectivity index (χ3v) is 7.04. The molecule has 2 atom stereocenters. The predicted molar refractivity (Wildman–Crippen MR) is 129 cm³/mol. The molecule has 3 aromatic rings. The SMILES string of the molecule is CO[C@]1(c2cc3c(N[C@H](C)c4cccc(C(F)F)c4C)ncnc3n(C)c2=O)CCN(C(C)=O)C1. The van der Waals surface area contributed by atoms with Crippen LogP contribution in [0.3, 0.4) is 0 Å². The van der Waals surface area contributed by atoms with E-state index < -0.39 is 12.0 Å². The summed E-state index contributed by atoms with van der Waals surface area (Å²) in [4.78, 5) is 35.7. The average molecular weight is 486 g/mol. The van der Waals surface area contributed by atoms with Gasteiger partial charge in [0.25, 0.3) is 12.0 Å². The average Bonchev–Trinajstić information content (AvgIpc) is 3.27. The summed E-state index contributed by atoms with van der Waals surface area (Å²) in [5, 5.41) is 3.91. The fourth-order valence-corrected chi connectivity index (χ4v) is 4.92. The Hall–Kier alpha value is -3.40. The summed E-state index contributed by atoms with van der Waals surface area (Å²) in [6.07, 6.45) is -0.723. The molecule has 0 bridgehead atoms. The number of carbonyl (C=O) groups excluding carboxylic acids is 1. The molecule has 35 heavy (non-hydrogen) atoms. The van der Waals surface area contributed by atoms with Gasteiger partial charge in [-0.3, -0.25) is 14.2 Å². The molecule has 1 aliphatic heterocycles. The number of anilines is 1. The summed E-state index contributed by atoms with van der Waals surface area (Å²) in [5.74, 6) is 0.385. The normalized spacial score (nSPS) is 18.9. The van der Waals surface area contributed by atoms with Crippen molar-refractivity contribution in [3.63, 3.8) is 0 Å². The fourth-order valence-electron chi connectivity index (χ4n) is 4.92. The maximum Gasteiger partial charge on any atom is 0.264 e. The molecule has 0 spiro atoms. The highest BCUT2D eigenvalue weighted by Gasteiger charge is 2.43. The molecule has 10 heteroatoms. The number of pyridine rings is 1. The first kappa shape index (κ1) is 24.7. The van der Waals surface area contributed by atoms with Crippen molar-refractivity contribution in [2.24, 2.45) is 7.05 Å². The van der Waals surface area contributed by atoms with E-state index in [0.29, 0.717) is 40.9 Å². The monoisotopic (exact) mass is 485 g/mol. The molecule has 1 N–H and O–H groups in total. The van der Waals surface area contributed by atoms with Crippen LogP contribution in [0.4, 0.5) is 14.6 Å². The number of nitrogens with zero attached hydrogens (tertiary/aromatic N) is 4. The van der Waals surface area contributed by atoms with E-state index in [4.69, 9.17) is 4.74 Å². The Morgan fingerprint density at radius 2 is 1.97 bits per heavy atom. The molecule has 2 aromatic heterocycles. The van der Waals surface area contributed by atoms with Crippen LogP contribution in [-0.2, 0) is 22.2 Å². The Bertz CT molecular complexity index is 1340. The van der Waals surface area contributed by atoms with Gasteiger partial charge in [0.1, 0.15) is 23.4 Å². The molecular formula is C25H29F2N5O3. The number of carbonyl (C=O) groups is 1. The third-order valence-electron chi connectivity index (χ3n) is 7.04. The van der Waals surface area contributed by atoms with E-state index in [1.165, 1.54) is 31.0 Å². The quantitative estimate of drug-likeness (QED) is 0.571. The van der Waals surface area contributed by atoms with Gasteiger partial charge in [0.05, 0.1) is 23.5 Å². The first-order valence-electron chi connectivity index (χ1n) is 11.4. The molecule has 1 aliphatic rings. The molecule has 0 unspecified atom stereocenters. The van der Waals surface area contributed by atoms with Crippen LogP contribution in [-0.4, -0.2) is 45.5 Å². The zero-order valence-corrected chi connectivity index (χ0v) is 20.4. The summed E-state index contributed by atoms with van der Waals surface area (Å²) < 4.78 is 34.1. The number of benzene rings is 1. The van der Waals surface area contributed by atoms with E-state index in [9.17, 15) is 18.4 Å². The number of aryl methyl sites for hydroxylation is 1. The van der Waals surface area contributed by atoms with Gasteiger partial charge in [-0.2, -0.15) is 0 Å². The number of nitrogens with one attached hydrogen (secondary N) is 1. The molecule has 0 saturated carbocycles. The van der Waals surface area contributed by atoms with E-state index in [0.717, 1.165) is 5.56 Å². The number of halogens is 2. The molecule has 0 aliphatic carbocycles. The number of amides is 1. The van der Waals surface area contributed by atoms with Crippen LogP contribution < -0.4 is 10.9 Å². The van der Waals surface area contributed by atoms with Crippen LogP contribution >= 0.6 is 0 Å². The summed E-state index contributed by atoms with van der Waals surface area (Å²) in [6.45, 7) is 5.79. The van der Waals surface area contributed by atoms with Crippen molar-refractivity contribution in [3.05, 3.63) is 63.2 Å². The van der Waals surface area contributed by atoms with Crippen molar-refractivity contribution >= 4 is 22.8 Å². The van der Waals surface area contributed by atoms with Crippen LogP contribution in [0.5, 0.6) is 0 Å². The van der Waals surface area contributed by atoms with E-state index >= 15 is 0 Å². The molecule has 1 aromatic carbocycles. The minimum Gasteiger partial charge on any atom is -0.371 e. The van der Waals surface area contributed by atoms with Crippen molar-refractivity contribution in [2.75, 3.05) is 25.5 Å². The Labute approximate surface area is 201 Å². The van der Waals surface area contributed by atoms with Crippen molar-refractivity contribution < 1.29 is 18.3 Å². The van der Waals surface area contributed by atoms with E-state index in [1.54, 1.807) is 37.1 Å². The molecule has 1 amide bonds. The molecule has 8 nitrogen and oxygen atoms in total. The van der Waals surface area contributed by atoms with Crippen LogP contribution in [0.15, 0.2) is 35.4 Å². The standard InChI is InChI=1S/C25H29F2N5O3/c1-14-17(7-6-8-18(14)21(26)27)15(2)30-22-19-11-20(24(34)31(4)23(19)29-13-28-22)25(35-5)9-10-32(12-25)16(3)33/h6-8,11,13,15,21H,9-10,12H2,1-5H3,(H,28,29,30)/t15-,25-/m1/s1. The molecule has 3 heterocycles. The lowest BCUT2D eigenvalue weighted by Crippen LogP contribution is -2.40. The van der Waals surface area contributed by atoms with Gasteiger partial charge < -0.3 is 15.0 Å². The highest BCUT2D eigenvalue weighted by Crippen LogP contribution is 2.36. The second kappa shape index (κ2) is 9.33. The van der Waals surface area contributed by atoms with Crippen molar-refractivity contribution in [1.29, 1.82) is 0 Å². The number of hydrogen-bond donors (Lipinski definition) is 1. The lowest BCUT2D eigenvalue weighted by Gasteiger charge is -2.28. The molecule has 1 fully saturated rings. The van der Waals surface area contributed by atoms with Crippen molar-refractivity contribution in [2.45, 2.75) is 45.3 Å². The van der Waals surface area contributed by atoms with Gasteiger partial charge in [-0.15, -0.1) is 0 Å². The van der Waals surface area contributed by atoms with Gasteiger partial charge >= 0.3 is 0 Å². The zero-order chi connectivity index (χ0) is 25.5. The Morgan fingerprint density at radius 3 is 2.60 bits per heavy atom. The van der Waals surface area contributed by atoms with Crippen LogP contribution in [0.25, 0.3) is 11.0 Å². The Morgan fingerprint density at radius 1 is 1.26 bits per heavy atom. The fraction of sp³-hybridized carbons (Fsp3) is 0.440. The molecular weight excluding hydrogens is 456 g/mol. The van der Waals surface area contributed by atoms with Gasteiger partial charge in [0, 0.05) is 39.6 Å². The van der Waals surface area contributed by atoms with Gasteiger partial charge in [-0.1, -0.05) is 18.2 Å². The summed E-state index contributed by atoms with van der Waals surface area (Å²) in [7, 11) is 3.17. The number of rotatable bonds is 6. The van der Waals surface area contributed by atoms with E-state index in [-0.39, 0.29) is 29.6 Å². The highest BCUT2D eigenvalue weighted by molar-refractivity contribution is 5.87. The van der Waals surface area contributed by atoms with Gasteiger partial charge in [0.15, 0.2) is 0 Å². The third kappa shape index (κ3) is 4.27. The summed E-state index contributed by atoms with van der Waals surface area (Å²) in [6, 6.07) is 6.23. The van der Waals surface area contributed by atoms with E-state index in [1.807, 2.05) is 6.92 Å². The van der Waals surface area contributed by atoms with Gasteiger partial charge in [-0.25, -0.2) is 18.7 Å². The van der Waals surface area contributed by atoms with Crippen molar-refractivity contribution in [1.82, 2.24) is 19.4 Å². The smallest absolute Gasteiger partial charge is 0.264 e. The lowest BCUT2D eigenvalue weighted by molar-refractivity contribution is -0.129. The minimum absolute atomic E-state index is 0.00771. The number of methoxy groups -OCH3 is 1. The second-order valence-corrected chi connectivity index (χ2v) is 9.00. The highest BCUT2D eigenvalue weighted by atomic mass is 19.3. The summed E-state index contributed by atoms with van der Waals surface area (Å²) in [5.41, 5.74) is 0.864. The Kier molecular flexibility index (Phi) is 6.59. The maximum atomic E-state index is 13.4. The first-order valence-corrected chi connectivity index (χ1v) is 11.4. The molecule has 4 rings (SSSR count). The number of aromatic nitrogens is 3. The van der Waals surface area contributed by atoms with E-state index in [2.05, 4.69) is 15.3 Å². The van der Waals surface area contributed by atoms with Crippen LogP contribution in [0.2, 0.25) is 0 Å². The molecule has 1 saturated heterocycles. The number of alkyl halides is 2. The van der Waals surface area contributed by atoms with Gasteiger partial charge in [0.2, 0.25) is 5.91 Å². The number of fused-ring (bicyclic) bond motifs is 1. The number of likely N-dealkylation sites (tertiary alicyclic amines) is 1. The second-order valence-electron chi connectivity index (χ2n) is 9.00. The Balaban J connectivity index is 1.80. The molecule has 0 radical (unpaired) electrons. The summed E-state index contributed by atoms with van der Waals surface area (Å²) >= 11 is 0. The zero-order valence-electron chi connectivity index (χ0n) is 20.4. The van der Waals surface area contributed by atoms with Gasteiger partial charge in [-0.05, 0) is 31.0 Å². The number of hydrogen-bond acceptors (Lipinski definition) is 6. The predicted octanol–water partition coefficient (Wildman–Crippen LogP) is 3.84. The molecule has 186 valence electrons.